The normalized spacial score (nSPS) is 10.5. The molecule has 3 aromatic rings. The van der Waals surface area contributed by atoms with E-state index in [0.717, 1.165) is 10.9 Å². The van der Waals surface area contributed by atoms with Crippen molar-refractivity contribution >= 4 is 22.6 Å². The lowest BCUT2D eigenvalue weighted by atomic mass is 10.2. The lowest BCUT2D eigenvalue weighted by Gasteiger charge is -2.06. The average molecular weight is 285 g/mol. The minimum Gasteiger partial charge on any atom is -0.484 e. The summed E-state index contributed by atoms with van der Waals surface area (Å²) in [6.07, 6.45) is 0. The van der Waals surface area contributed by atoms with E-state index in [-0.39, 0.29) is 12.5 Å². The van der Waals surface area contributed by atoms with Crippen LogP contribution in [0, 0.1) is 5.82 Å². The van der Waals surface area contributed by atoms with Gasteiger partial charge in [0.15, 0.2) is 12.4 Å². The van der Waals surface area contributed by atoms with Gasteiger partial charge in [-0.15, -0.1) is 0 Å². The number of nitrogens with one attached hydrogen (secondary N) is 2. The van der Waals surface area contributed by atoms with Crippen molar-refractivity contribution in [3.63, 3.8) is 0 Å². The van der Waals surface area contributed by atoms with Gasteiger partial charge in [-0.2, -0.15) is 5.10 Å². The molecule has 0 bridgehead atoms. The number of carbonyl (C=O) groups is 1. The van der Waals surface area contributed by atoms with Gasteiger partial charge in [0.1, 0.15) is 11.6 Å². The molecule has 0 aliphatic rings. The third kappa shape index (κ3) is 3.00. The zero-order chi connectivity index (χ0) is 14.7. The number of ether oxygens (including phenoxy) is 1. The van der Waals surface area contributed by atoms with Crippen molar-refractivity contribution in [2.75, 3.05) is 11.9 Å². The van der Waals surface area contributed by atoms with Crippen LogP contribution in [0.25, 0.3) is 10.9 Å². The largest absolute Gasteiger partial charge is 0.484 e. The number of carbonyl (C=O) groups excluding carboxylic acids is 1. The molecule has 6 heteroatoms. The van der Waals surface area contributed by atoms with Gasteiger partial charge in [0.2, 0.25) is 0 Å². The lowest BCUT2D eigenvalue weighted by molar-refractivity contribution is -0.118. The highest BCUT2D eigenvalue weighted by Gasteiger charge is 2.09. The highest BCUT2D eigenvalue weighted by Crippen LogP contribution is 2.19. The van der Waals surface area contributed by atoms with E-state index in [2.05, 4.69) is 15.5 Å². The Balaban J connectivity index is 1.64. The summed E-state index contributed by atoms with van der Waals surface area (Å²) in [7, 11) is 0. The van der Waals surface area contributed by atoms with Crippen molar-refractivity contribution < 1.29 is 13.9 Å². The molecule has 1 heterocycles. The number of nitrogens with zero attached hydrogens (tertiary/aromatic N) is 1. The van der Waals surface area contributed by atoms with Crippen LogP contribution in [0.2, 0.25) is 0 Å². The van der Waals surface area contributed by atoms with Crippen LogP contribution in [0.4, 0.5) is 10.2 Å². The number of hydrogen-bond acceptors (Lipinski definition) is 3. The van der Waals surface area contributed by atoms with E-state index in [1.54, 1.807) is 6.07 Å². The van der Waals surface area contributed by atoms with Crippen LogP contribution in [0.5, 0.6) is 5.75 Å². The molecule has 0 radical (unpaired) electrons. The molecule has 0 aliphatic carbocycles. The number of halogens is 1. The van der Waals surface area contributed by atoms with Crippen LogP contribution in [-0.4, -0.2) is 22.7 Å². The summed E-state index contributed by atoms with van der Waals surface area (Å²) in [5.74, 6) is -0.0294. The van der Waals surface area contributed by atoms with Crippen LogP contribution in [0.15, 0.2) is 48.5 Å². The smallest absolute Gasteiger partial charge is 0.263 e. The SMILES string of the molecule is O=C(COc1cccc(F)c1)Nc1n[nH]c2ccccc12. The molecule has 1 aromatic heterocycles. The molecule has 2 aromatic carbocycles. The first-order chi connectivity index (χ1) is 10.2. The van der Waals surface area contributed by atoms with Crippen LogP contribution in [0.3, 0.4) is 0 Å². The number of anilines is 1. The lowest BCUT2D eigenvalue weighted by Crippen LogP contribution is -2.20. The van der Waals surface area contributed by atoms with Crippen molar-refractivity contribution in [1.82, 2.24) is 10.2 Å². The summed E-state index contributed by atoms with van der Waals surface area (Å²) in [4.78, 5) is 11.8. The fourth-order valence-electron chi connectivity index (χ4n) is 1.93. The predicted octanol–water partition coefficient (Wildman–Crippen LogP) is 2.72. The summed E-state index contributed by atoms with van der Waals surface area (Å²) in [6.45, 7) is -0.218. The Bertz CT molecular complexity index is 785. The van der Waals surface area contributed by atoms with Gasteiger partial charge in [0.25, 0.3) is 5.91 Å². The second-order valence-corrected chi connectivity index (χ2v) is 4.41. The van der Waals surface area contributed by atoms with E-state index in [1.165, 1.54) is 18.2 Å². The standard InChI is InChI=1S/C15H12FN3O2/c16-10-4-3-5-11(8-10)21-9-14(20)17-15-12-6-1-2-7-13(12)18-19-15/h1-8H,9H2,(H2,17,18,19,20). The Morgan fingerprint density at radius 2 is 2.10 bits per heavy atom. The van der Waals surface area contributed by atoms with Gasteiger partial charge in [0, 0.05) is 11.5 Å². The Morgan fingerprint density at radius 1 is 1.24 bits per heavy atom. The summed E-state index contributed by atoms with van der Waals surface area (Å²) in [6, 6.07) is 13.1. The van der Waals surface area contributed by atoms with Gasteiger partial charge in [-0.1, -0.05) is 18.2 Å². The van der Waals surface area contributed by atoms with E-state index >= 15 is 0 Å². The topological polar surface area (TPSA) is 67.0 Å². The van der Waals surface area contributed by atoms with E-state index in [1.807, 2.05) is 24.3 Å². The van der Waals surface area contributed by atoms with Crippen molar-refractivity contribution in [3.05, 3.63) is 54.3 Å². The molecule has 2 N–H and O–H groups in total. The second-order valence-electron chi connectivity index (χ2n) is 4.41. The highest BCUT2D eigenvalue weighted by molar-refractivity contribution is 6.00. The number of rotatable bonds is 4. The van der Waals surface area contributed by atoms with Crippen molar-refractivity contribution in [1.29, 1.82) is 0 Å². The molecule has 3 rings (SSSR count). The average Bonchev–Trinajstić information content (AvgIpc) is 2.89. The summed E-state index contributed by atoms with van der Waals surface area (Å²) in [5, 5.41) is 10.3. The molecule has 0 atom stereocenters. The first kappa shape index (κ1) is 13.1. The summed E-state index contributed by atoms with van der Waals surface area (Å²) in [5.41, 5.74) is 0.832. The number of aromatic nitrogens is 2. The number of H-pyrrole nitrogens is 1. The number of para-hydroxylation sites is 1. The molecule has 0 saturated heterocycles. The van der Waals surface area contributed by atoms with E-state index in [9.17, 15) is 9.18 Å². The van der Waals surface area contributed by atoms with E-state index in [4.69, 9.17) is 4.74 Å². The maximum absolute atomic E-state index is 13.0. The van der Waals surface area contributed by atoms with Gasteiger partial charge in [-0.05, 0) is 24.3 Å². The molecule has 0 saturated carbocycles. The Morgan fingerprint density at radius 3 is 2.95 bits per heavy atom. The Hall–Kier alpha value is -2.89. The van der Waals surface area contributed by atoms with Crippen LogP contribution in [-0.2, 0) is 4.79 Å². The Labute approximate surface area is 119 Å². The molecule has 1 amide bonds. The monoisotopic (exact) mass is 285 g/mol. The van der Waals surface area contributed by atoms with Crippen molar-refractivity contribution in [3.8, 4) is 5.75 Å². The number of aromatic amines is 1. The van der Waals surface area contributed by atoms with Gasteiger partial charge in [0.05, 0.1) is 5.52 Å². The molecule has 0 spiro atoms. The molecule has 0 aliphatic heterocycles. The van der Waals surface area contributed by atoms with Crippen LogP contribution in [0.1, 0.15) is 0 Å². The minimum atomic E-state index is -0.411. The quantitative estimate of drug-likeness (QED) is 0.774. The maximum Gasteiger partial charge on any atom is 0.263 e. The van der Waals surface area contributed by atoms with Crippen molar-refractivity contribution in [2.45, 2.75) is 0 Å². The number of hydrogen-bond donors (Lipinski definition) is 2. The van der Waals surface area contributed by atoms with E-state index in [0.29, 0.717) is 11.6 Å². The molecule has 21 heavy (non-hydrogen) atoms. The van der Waals surface area contributed by atoms with Gasteiger partial charge in [-0.3, -0.25) is 9.89 Å². The predicted molar refractivity (Wildman–Crippen MR) is 76.6 cm³/mol. The molecule has 106 valence electrons. The number of benzene rings is 2. The first-order valence-corrected chi connectivity index (χ1v) is 6.34. The van der Waals surface area contributed by atoms with Gasteiger partial charge >= 0.3 is 0 Å². The first-order valence-electron chi connectivity index (χ1n) is 6.34. The minimum absolute atomic E-state index is 0.218. The molecular formula is C15H12FN3O2. The zero-order valence-corrected chi connectivity index (χ0v) is 11.0. The fraction of sp³-hybridized carbons (Fsp3) is 0.0667. The molecule has 0 fully saturated rings. The third-order valence-electron chi connectivity index (χ3n) is 2.89. The number of fused-ring (bicyclic) bond motifs is 1. The molecular weight excluding hydrogens is 273 g/mol. The highest BCUT2D eigenvalue weighted by atomic mass is 19.1. The summed E-state index contributed by atoms with van der Waals surface area (Å²) < 4.78 is 18.2. The van der Waals surface area contributed by atoms with Crippen LogP contribution < -0.4 is 10.1 Å². The second kappa shape index (κ2) is 5.62. The zero-order valence-electron chi connectivity index (χ0n) is 11.0. The van der Waals surface area contributed by atoms with Gasteiger partial charge in [-0.25, -0.2) is 4.39 Å². The molecule has 5 nitrogen and oxygen atoms in total. The third-order valence-corrected chi connectivity index (χ3v) is 2.89. The van der Waals surface area contributed by atoms with Crippen LogP contribution >= 0.6 is 0 Å². The molecule has 0 unspecified atom stereocenters. The maximum atomic E-state index is 13.0. The fourth-order valence-corrected chi connectivity index (χ4v) is 1.93. The Kier molecular flexibility index (Phi) is 3.51. The van der Waals surface area contributed by atoms with Gasteiger partial charge < -0.3 is 10.1 Å². The number of amides is 1. The van der Waals surface area contributed by atoms with Crippen molar-refractivity contribution in [2.24, 2.45) is 0 Å². The summed E-state index contributed by atoms with van der Waals surface area (Å²) >= 11 is 0. The van der Waals surface area contributed by atoms with E-state index < -0.39 is 5.82 Å².